The summed E-state index contributed by atoms with van der Waals surface area (Å²) in [7, 11) is 0. The quantitative estimate of drug-likeness (QED) is 0.410. The number of esters is 1. The Morgan fingerprint density at radius 1 is 1.27 bits per heavy atom. The van der Waals surface area contributed by atoms with Crippen molar-refractivity contribution in [1.82, 2.24) is 0 Å². The summed E-state index contributed by atoms with van der Waals surface area (Å²) in [4.78, 5) is 24.6. The van der Waals surface area contributed by atoms with E-state index in [1.54, 1.807) is 24.3 Å². The van der Waals surface area contributed by atoms with Crippen LogP contribution in [-0.2, 0) is 9.53 Å². The third-order valence-electron chi connectivity index (χ3n) is 6.20. The molecule has 2 aliphatic rings. The van der Waals surface area contributed by atoms with Crippen molar-refractivity contribution >= 4 is 11.8 Å². The van der Waals surface area contributed by atoms with E-state index >= 15 is 0 Å². The Kier molecular flexibility index (Phi) is 7.84. The van der Waals surface area contributed by atoms with Gasteiger partial charge in [-0.15, -0.1) is 11.8 Å². The van der Waals surface area contributed by atoms with Crippen molar-refractivity contribution in [2.75, 3.05) is 6.61 Å². The van der Waals surface area contributed by atoms with Gasteiger partial charge in [-0.05, 0) is 36.8 Å². The summed E-state index contributed by atoms with van der Waals surface area (Å²) in [5, 5.41) is 20.0. The summed E-state index contributed by atoms with van der Waals surface area (Å²) >= 11 is 0. The molecule has 0 aliphatic heterocycles. The summed E-state index contributed by atoms with van der Waals surface area (Å²) in [5.41, 5.74) is 0.483. The van der Waals surface area contributed by atoms with E-state index < -0.39 is 18.2 Å². The summed E-state index contributed by atoms with van der Waals surface area (Å²) in [6.45, 7) is 2.02. The van der Waals surface area contributed by atoms with Gasteiger partial charge in [0.1, 0.15) is 12.2 Å². The van der Waals surface area contributed by atoms with Crippen LogP contribution in [0.25, 0.3) is 0 Å². The lowest BCUT2D eigenvalue weighted by Crippen LogP contribution is -2.26. The van der Waals surface area contributed by atoms with Crippen molar-refractivity contribution in [3.63, 3.8) is 0 Å². The number of aliphatic hydroxyl groups excluding tert-OH is 2. The molecule has 0 amide bonds. The highest BCUT2D eigenvalue weighted by atomic mass is 16.5. The van der Waals surface area contributed by atoms with Crippen LogP contribution < -0.4 is 0 Å². The lowest BCUT2D eigenvalue weighted by Gasteiger charge is -2.21. The van der Waals surface area contributed by atoms with Gasteiger partial charge in [-0.1, -0.05) is 37.3 Å². The number of rotatable bonds is 7. The van der Waals surface area contributed by atoms with Crippen LogP contribution in [0.4, 0.5) is 0 Å². The third-order valence-corrected chi connectivity index (χ3v) is 6.20. The van der Waals surface area contributed by atoms with Crippen LogP contribution in [0, 0.1) is 35.5 Å². The molecule has 160 valence electrons. The van der Waals surface area contributed by atoms with Crippen molar-refractivity contribution in [2.45, 2.75) is 51.2 Å². The van der Waals surface area contributed by atoms with E-state index in [1.165, 1.54) is 0 Å². The molecule has 2 unspecified atom stereocenters. The van der Waals surface area contributed by atoms with Crippen LogP contribution in [0.5, 0.6) is 0 Å². The number of carbonyl (C=O) groups is 2. The van der Waals surface area contributed by atoms with E-state index in [-0.39, 0.29) is 36.1 Å². The Morgan fingerprint density at radius 3 is 2.73 bits per heavy atom. The summed E-state index contributed by atoms with van der Waals surface area (Å²) < 4.78 is 5.81. The first-order valence-electron chi connectivity index (χ1n) is 10.8. The van der Waals surface area contributed by atoms with Crippen molar-refractivity contribution in [1.29, 1.82) is 0 Å². The molecule has 0 saturated heterocycles. The average molecular weight is 411 g/mol. The molecule has 2 fully saturated rings. The monoisotopic (exact) mass is 410 g/mol. The van der Waals surface area contributed by atoms with Gasteiger partial charge in [0.2, 0.25) is 0 Å². The Bertz CT molecular complexity index is 819. The van der Waals surface area contributed by atoms with Gasteiger partial charge in [0.25, 0.3) is 0 Å². The maximum atomic E-state index is 12.6. The molecule has 3 rings (SSSR count). The number of carbonyl (C=O) groups excluding carboxylic acids is 2. The molecule has 1 aromatic rings. The molecule has 5 nitrogen and oxygen atoms in total. The highest BCUT2D eigenvalue weighted by molar-refractivity contribution is 5.89. The molecule has 30 heavy (non-hydrogen) atoms. The molecule has 0 aromatic heterocycles. The van der Waals surface area contributed by atoms with Gasteiger partial charge < -0.3 is 14.9 Å². The zero-order valence-corrected chi connectivity index (χ0v) is 17.4. The molecule has 5 heteroatoms. The summed E-state index contributed by atoms with van der Waals surface area (Å²) in [5.74, 6) is 5.16. The Balaban J connectivity index is 1.72. The molecule has 6 atom stereocenters. The second-order valence-electron chi connectivity index (χ2n) is 8.14. The van der Waals surface area contributed by atoms with Crippen LogP contribution in [0.15, 0.2) is 42.5 Å². The van der Waals surface area contributed by atoms with Gasteiger partial charge >= 0.3 is 5.97 Å². The summed E-state index contributed by atoms with van der Waals surface area (Å²) in [6.07, 6.45) is 5.60. The van der Waals surface area contributed by atoms with E-state index in [1.807, 2.05) is 25.1 Å². The number of ketones is 1. The lowest BCUT2D eigenvalue weighted by atomic mass is 9.89. The number of aliphatic hydroxyl groups is 2. The highest BCUT2D eigenvalue weighted by Crippen LogP contribution is 2.48. The van der Waals surface area contributed by atoms with Crippen molar-refractivity contribution in [2.24, 2.45) is 23.7 Å². The van der Waals surface area contributed by atoms with Gasteiger partial charge in [0.15, 0.2) is 5.78 Å². The second-order valence-corrected chi connectivity index (χ2v) is 8.14. The van der Waals surface area contributed by atoms with Gasteiger partial charge in [-0.3, -0.25) is 4.79 Å². The van der Waals surface area contributed by atoms with Gasteiger partial charge in [-0.25, -0.2) is 4.79 Å². The number of benzene rings is 1. The number of hydrogen-bond donors (Lipinski definition) is 2. The smallest absolute Gasteiger partial charge is 0.338 e. The normalized spacial score (nSPS) is 28.8. The number of ether oxygens (including phenoxy) is 1. The first kappa shape index (κ1) is 22.3. The van der Waals surface area contributed by atoms with Crippen LogP contribution in [-0.4, -0.2) is 40.8 Å². The Hall–Kier alpha value is -2.42. The maximum Gasteiger partial charge on any atom is 0.338 e. The van der Waals surface area contributed by atoms with E-state index in [4.69, 9.17) is 4.74 Å². The minimum Gasteiger partial charge on any atom is -0.458 e. The van der Waals surface area contributed by atoms with Gasteiger partial charge in [0, 0.05) is 37.7 Å². The predicted molar refractivity (Wildman–Crippen MR) is 113 cm³/mol. The molecular weight excluding hydrogens is 380 g/mol. The maximum absolute atomic E-state index is 12.6. The fourth-order valence-corrected chi connectivity index (χ4v) is 4.58. The molecule has 2 N–H and O–H groups in total. The Morgan fingerprint density at radius 2 is 2.03 bits per heavy atom. The van der Waals surface area contributed by atoms with E-state index in [9.17, 15) is 19.8 Å². The van der Waals surface area contributed by atoms with Gasteiger partial charge in [0.05, 0.1) is 5.56 Å². The first-order chi connectivity index (χ1) is 14.5. The number of Topliss-reactive ketones (excluding diaryl/α,β-unsaturated/α-hetero) is 1. The van der Waals surface area contributed by atoms with Crippen LogP contribution in [0.2, 0.25) is 0 Å². The number of hydrogen-bond acceptors (Lipinski definition) is 5. The highest BCUT2D eigenvalue weighted by Gasteiger charge is 2.53. The van der Waals surface area contributed by atoms with Crippen molar-refractivity contribution in [3.05, 3.63) is 48.0 Å². The van der Waals surface area contributed by atoms with Crippen LogP contribution in [0.1, 0.15) is 49.4 Å². The molecule has 0 radical (unpaired) electrons. The van der Waals surface area contributed by atoms with Crippen LogP contribution in [0.3, 0.4) is 0 Å². The lowest BCUT2D eigenvalue weighted by molar-refractivity contribution is -0.125. The SMILES string of the molecule is CCC#CCCC(/C=C/[C@@H]1[C@@H]2CC(=O)C(O)[C@H]2C[C@H]1OC(=O)c1ccccc1)CO. The fraction of sp³-hybridized carbons (Fsp3) is 0.520. The topological polar surface area (TPSA) is 83.8 Å². The van der Waals surface area contributed by atoms with Crippen molar-refractivity contribution in [3.8, 4) is 11.8 Å². The minimum atomic E-state index is -0.982. The Labute approximate surface area is 178 Å². The molecule has 0 heterocycles. The second kappa shape index (κ2) is 10.6. The largest absolute Gasteiger partial charge is 0.458 e. The summed E-state index contributed by atoms with van der Waals surface area (Å²) in [6, 6.07) is 8.82. The van der Waals surface area contributed by atoms with E-state index in [0.717, 1.165) is 12.8 Å². The minimum absolute atomic E-state index is 0.0150. The number of fused-ring (bicyclic) bond motifs is 1. The molecule has 0 bridgehead atoms. The third kappa shape index (κ3) is 5.19. The molecular formula is C25H30O5. The zero-order valence-electron chi connectivity index (χ0n) is 17.4. The molecule has 0 spiro atoms. The fourth-order valence-electron chi connectivity index (χ4n) is 4.58. The zero-order chi connectivity index (χ0) is 21.5. The molecule has 2 aliphatic carbocycles. The first-order valence-corrected chi connectivity index (χ1v) is 10.8. The standard InChI is InChI=1S/C25H30O5/c1-2-3-4-6-9-17(16-26)12-13-19-20-14-22(27)24(28)21(20)15-23(19)30-25(29)18-10-7-5-8-11-18/h5,7-8,10-13,17,19-21,23-24,26,28H,2,6,9,14-16H2,1H3/b13-12+/t17?,19-,20+,21+,23-,24?/m1/s1. The average Bonchev–Trinajstić information content (AvgIpc) is 3.23. The molecule has 2 saturated carbocycles. The van der Waals surface area contributed by atoms with E-state index in [0.29, 0.717) is 24.8 Å². The molecule has 1 aromatic carbocycles. The van der Waals surface area contributed by atoms with E-state index in [2.05, 4.69) is 11.8 Å². The van der Waals surface area contributed by atoms with Gasteiger partial charge in [-0.2, -0.15) is 0 Å². The van der Waals surface area contributed by atoms with Crippen molar-refractivity contribution < 1.29 is 24.5 Å². The van der Waals surface area contributed by atoms with Crippen LogP contribution >= 0.6 is 0 Å². The predicted octanol–water partition coefficient (Wildman–Crippen LogP) is 3.16.